The number of rotatable bonds is 3. The second-order valence-corrected chi connectivity index (χ2v) is 4.58. The van der Waals surface area contributed by atoms with Gasteiger partial charge in [0.25, 0.3) is 0 Å². The van der Waals surface area contributed by atoms with Crippen LogP contribution >= 0.6 is 0 Å². The van der Waals surface area contributed by atoms with Crippen LogP contribution in [-0.2, 0) is 0 Å². The number of aromatic amines is 1. The maximum Gasteiger partial charge on any atom is 0.249 e. The maximum absolute atomic E-state index is 13.2. The van der Waals surface area contributed by atoms with Crippen molar-refractivity contribution in [1.82, 2.24) is 20.2 Å². The largest absolute Gasteiger partial charge is 0.412 e. The molecule has 9 N–H and O–H groups in total. The fraction of sp³-hybridized carbons (Fsp3) is 0.0625. The van der Waals surface area contributed by atoms with E-state index in [-0.39, 0.29) is 22.7 Å². The average molecular weight is 392 g/mol. The summed E-state index contributed by atoms with van der Waals surface area (Å²) in [6.07, 6.45) is 0.836. The predicted molar refractivity (Wildman–Crippen MR) is 97.3 cm³/mol. The first kappa shape index (κ1) is 24.2. The summed E-state index contributed by atoms with van der Waals surface area (Å²) in [5.41, 5.74) is 5.92. The summed E-state index contributed by atoms with van der Waals surface area (Å²) in [6.45, 7) is 0. The molecule has 0 amide bonds. The first-order valence-electron chi connectivity index (χ1n) is 7.27. The number of nitrogens with zero attached hydrogens (tertiary/aromatic N) is 4. The SMILES string of the molecule is N#CC(F)C(=O)c1ccccn1.NN.Nc1n[nH]c(-c2ccccn2)c1F.O. The van der Waals surface area contributed by atoms with Crippen LogP contribution in [0, 0.1) is 17.1 Å². The Morgan fingerprint density at radius 2 is 1.75 bits per heavy atom. The number of hydrogen-bond donors (Lipinski definition) is 4. The number of carbonyl (C=O) groups is 1. The number of Topliss-reactive ketones (excluding diaryl/α,β-unsaturated/α-hetero) is 1. The van der Waals surface area contributed by atoms with Gasteiger partial charge in [0.2, 0.25) is 12.0 Å². The van der Waals surface area contributed by atoms with Crippen LogP contribution in [0.25, 0.3) is 11.4 Å². The molecule has 28 heavy (non-hydrogen) atoms. The molecule has 3 rings (SSSR count). The van der Waals surface area contributed by atoms with Gasteiger partial charge in [0, 0.05) is 12.4 Å². The summed E-state index contributed by atoms with van der Waals surface area (Å²) in [4.78, 5) is 18.5. The molecule has 3 heterocycles. The quantitative estimate of drug-likeness (QED) is 0.276. The Hall–Kier alpha value is -3.79. The number of H-pyrrole nitrogens is 1. The number of anilines is 1. The lowest BCUT2D eigenvalue weighted by Crippen LogP contribution is -2.14. The molecule has 0 spiro atoms. The Morgan fingerprint density at radius 3 is 2.18 bits per heavy atom. The summed E-state index contributed by atoms with van der Waals surface area (Å²) < 4.78 is 25.6. The number of alkyl halides is 1. The van der Waals surface area contributed by atoms with E-state index >= 15 is 0 Å². The normalized spacial score (nSPS) is 9.96. The topological polar surface area (TPSA) is 205 Å². The van der Waals surface area contributed by atoms with Crippen LogP contribution in [0.15, 0.2) is 48.8 Å². The number of pyridine rings is 2. The van der Waals surface area contributed by atoms with Crippen LogP contribution in [0.4, 0.5) is 14.6 Å². The minimum Gasteiger partial charge on any atom is -0.412 e. The van der Waals surface area contributed by atoms with Crippen molar-refractivity contribution >= 4 is 11.6 Å². The number of nitrogen functional groups attached to an aromatic ring is 1. The predicted octanol–water partition coefficient (Wildman–Crippen LogP) is 0.313. The van der Waals surface area contributed by atoms with Gasteiger partial charge in [-0.3, -0.25) is 31.5 Å². The van der Waals surface area contributed by atoms with Crippen LogP contribution in [-0.4, -0.2) is 37.6 Å². The van der Waals surface area contributed by atoms with Gasteiger partial charge in [0.1, 0.15) is 17.5 Å². The lowest BCUT2D eigenvalue weighted by atomic mass is 10.2. The molecule has 0 saturated heterocycles. The van der Waals surface area contributed by atoms with Gasteiger partial charge in [-0.15, -0.1) is 0 Å². The van der Waals surface area contributed by atoms with Gasteiger partial charge in [-0.25, -0.2) is 8.78 Å². The molecule has 0 saturated carbocycles. The number of hydrazine groups is 1. The van der Waals surface area contributed by atoms with Gasteiger partial charge in [-0.05, 0) is 24.3 Å². The monoisotopic (exact) mass is 392 g/mol. The zero-order chi connectivity index (χ0) is 20.2. The second kappa shape index (κ2) is 12.5. The van der Waals surface area contributed by atoms with Crippen molar-refractivity contribution < 1.29 is 19.1 Å². The number of hydrogen-bond acceptors (Lipinski definition) is 8. The standard InChI is InChI=1S/C8H7FN4.C8H5FN2O.H4N2.H2O/c9-6-7(12-13-8(6)10)5-3-1-2-4-11-5;9-6(5-10)8(12)7-3-1-2-4-11-7;1-2;/h1-4H,(H3,10,12,13);1-4,6H;1-2H2;1H2. The Balaban J connectivity index is 0.000000465. The lowest BCUT2D eigenvalue weighted by molar-refractivity contribution is 0.0913. The van der Waals surface area contributed by atoms with Crippen molar-refractivity contribution in [2.24, 2.45) is 11.7 Å². The smallest absolute Gasteiger partial charge is 0.249 e. The molecular formula is C16H18F2N8O2. The fourth-order valence-electron chi connectivity index (χ4n) is 1.72. The van der Waals surface area contributed by atoms with Gasteiger partial charge in [0.05, 0.1) is 5.69 Å². The molecule has 10 nitrogen and oxygen atoms in total. The number of ketones is 1. The van der Waals surface area contributed by atoms with Crippen LogP contribution in [0.5, 0.6) is 0 Å². The molecule has 0 aliphatic rings. The van der Waals surface area contributed by atoms with Crippen molar-refractivity contribution in [3.05, 3.63) is 60.3 Å². The third kappa shape index (κ3) is 6.50. The Labute approximate surface area is 158 Å². The Bertz CT molecular complexity index is 885. The number of carbonyl (C=O) groups excluding carboxylic acids is 1. The van der Waals surface area contributed by atoms with Crippen LogP contribution in [0.2, 0.25) is 0 Å². The van der Waals surface area contributed by atoms with Crippen LogP contribution in [0.1, 0.15) is 10.5 Å². The molecule has 3 aromatic heterocycles. The highest BCUT2D eigenvalue weighted by atomic mass is 19.1. The van der Waals surface area contributed by atoms with Crippen molar-refractivity contribution in [2.45, 2.75) is 6.17 Å². The zero-order valence-corrected chi connectivity index (χ0v) is 14.4. The highest BCUT2D eigenvalue weighted by Crippen LogP contribution is 2.20. The van der Waals surface area contributed by atoms with E-state index < -0.39 is 17.8 Å². The maximum atomic E-state index is 13.2. The molecule has 0 fully saturated rings. The number of nitriles is 1. The molecule has 148 valence electrons. The molecule has 0 radical (unpaired) electrons. The van der Waals surface area contributed by atoms with Crippen molar-refractivity contribution in [2.75, 3.05) is 5.73 Å². The number of nitrogens with two attached hydrogens (primary N) is 3. The fourth-order valence-corrected chi connectivity index (χ4v) is 1.72. The zero-order valence-electron chi connectivity index (χ0n) is 14.4. The van der Waals surface area contributed by atoms with Crippen LogP contribution in [0.3, 0.4) is 0 Å². The van der Waals surface area contributed by atoms with E-state index in [2.05, 4.69) is 31.9 Å². The molecular weight excluding hydrogens is 374 g/mol. The minimum absolute atomic E-state index is 0. The van der Waals surface area contributed by atoms with Crippen molar-refractivity contribution in [3.63, 3.8) is 0 Å². The van der Waals surface area contributed by atoms with Gasteiger partial charge in [-0.2, -0.15) is 10.4 Å². The van der Waals surface area contributed by atoms with Crippen LogP contribution < -0.4 is 17.4 Å². The van der Waals surface area contributed by atoms with E-state index in [0.29, 0.717) is 5.69 Å². The summed E-state index contributed by atoms with van der Waals surface area (Å²) in [5, 5.41) is 14.1. The lowest BCUT2D eigenvalue weighted by Gasteiger charge is -1.96. The Morgan fingerprint density at radius 1 is 1.14 bits per heavy atom. The van der Waals surface area contributed by atoms with Gasteiger partial charge in [0.15, 0.2) is 11.6 Å². The van der Waals surface area contributed by atoms with E-state index in [1.807, 2.05) is 0 Å². The third-order valence-corrected chi connectivity index (χ3v) is 2.91. The van der Waals surface area contributed by atoms with E-state index in [1.54, 1.807) is 36.5 Å². The van der Waals surface area contributed by atoms with Gasteiger partial charge < -0.3 is 11.2 Å². The molecule has 1 unspecified atom stereocenters. The van der Waals surface area contributed by atoms with E-state index in [0.717, 1.165) is 0 Å². The molecule has 0 aliphatic carbocycles. The first-order chi connectivity index (χ1) is 13.0. The highest BCUT2D eigenvalue weighted by molar-refractivity contribution is 5.99. The Kier molecular flexibility index (Phi) is 10.8. The second-order valence-electron chi connectivity index (χ2n) is 4.58. The van der Waals surface area contributed by atoms with E-state index in [4.69, 9.17) is 11.0 Å². The van der Waals surface area contributed by atoms with Gasteiger partial charge >= 0.3 is 0 Å². The third-order valence-electron chi connectivity index (χ3n) is 2.91. The molecule has 0 bridgehead atoms. The van der Waals surface area contributed by atoms with E-state index in [9.17, 15) is 13.6 Å². The van der Waals surface area contributed by atoms with Gasteiger partial charge in [-0.1, -0.05) is 12.1 Å². The molecule has 0 aromatic carbocycles. The van der Waals surface area contributed by atoms with Crippen molar-refractivity contribution in [3.8, 4) is 17.5 Å². The summed E-state index contributed by atoms with van der Waals surface area (Å²) in [7, 11) is 0. The van der Waals surface area contributed by atoms with E-state index in [1.165, 1.54) is 18.3 Å². The number of aromatic nitrogens is 4. The van der Waals surface area contributed by atoms with Crippen molar-refractivity contribution in [1.29, 1.82) is 5.26 Å². The minimum atomic E-state index is -2.11. The molecule has 12 heteroatoms. The number of nitrogens with one attached hydrogen (secondary N) is 1. The molecule has 3 aromatic rings. The number of halogens is 2. The summed E-state index contributed by atoms with van der Waals surface area (Å²) in [5.74, 6) is 6.41. The summed E-state index contributed by atoms with van der Waals surface area (Å²) in [6, 6.07) is 10.9. The molecule has 0 aliphatic heterocycles. The summed E-state index contributed by atoms with van der Waals surface area (Å²) >= 11 is 0. The first-order valence-corrected chi connectivity index (χ1v) is 7.27. The molecule has 1 atom stereocenters. The average Bonchev–Trinajstić information content (AvgIpc) is 3.08. The highest BCUT2D eigenvalue weighted by Gasteiger charge is 2.18.